The molecule has 0 bridgehead atoms. The van der Waals surface area contributed by atoms with E-state index in [0.29, 0.717) is 17.9 Å². The molecule has 3 heterocycles. The first-order valence-corrected chi connectivity index (χ1v) is 12.4. The first-order valence-electron chi connectivity index (χ1n) is 11.5. The quantitative estimate of drug-likeness (QED) is 0.537. The van der Waals surface area contributed by atoms with E-state index in [9.17, 15) is 9.59 Å². The number of benzene rings is 2. The smallest absolute Gasteiger partial charge is 0.268 e. The lowest BCUT2D eigenvalue weighted by Crippen LogP contribution is -2.51. The zero-order chi connectivity index (χ0) is 22.8. The fourth-order valence-corrected chi connectivity index (χ4v) is 5.24. The van der Waals surface area contributed by atoms with Crippen LogP contribution in [0.2, 0.25) is 0 Å². The maximum absolute atomic E-state index is 13.2. The standard InChI is InChI=1S/C26H27N3O3S/c1-2-22-26(31)29(16-24(30)28-13-7-4-8-14-28)21-15-19(11-12-23(21)32-22)20-17-33-25(27-20)18-9-5-3-6-10-18/h3,5-6,9-12,15,17,22H,2,4,7-8,13-14,16H2,1H3. The van der Waals surface area contributed by atoms with Gasteiger partial charge < -0.3 is 9.64 Å². The van der Waals surface area contributed by atoms with Gasteiger partial charge >= 0.3 is 0 Å². The van der Waals surface area contributed by atoms with Gasteiger partial charge in [0.1, 0.15) is 17.3 Å². The molecule has 6 nitrogen and oxygen atoms in total. The molecule has 0 N–H and O–H groups in total. The van der Waals surface area contributed by atoms with E-state index >= 15 is 0 Å². The Morgan fingerprint density at radius 3 is 2.64 bits per heavy atom. The van der Waals surface area contributed by atoms with Crippen LogP contribution in [-0.4, -0.2) is 47.4 Å². The van der Waals surface area contributed by atoms with Crippen LogP contribution >= 0.6 is 11.3 Å². The van der Waals surface area contributed by atoms with Gasteiger partial charge in [-0.25, -0.2) is 4.98 Å². The molecule has 0 radical (unpaired) electrons. The fraction of sp³-hybridized carbons (Fsp3) is 0.346. The highest BCUT2D eigenvalue weighted by Crippen LogP contribution is 2.39. The van der Waals surface area contributed by atoms with Crippen molar-refractivity contribution >= 4 is 28.8 Å². The average molecular weight is 462 g/mol. The number of likely N-dealkylation sites (tertiary alicyclic amines) is 1. The van der Waals surface area contributed by atoms with Crippen LogP contribution in [0.5, 0.6) is 5.75 Å². The van der Waals surface area contributed by atoms with Crippen LogP contribution in [0.15, 0.2) is 53.9 Å². The predicted octanol–water partition coefficient (Wildman–Crippen LogP) is 4.99. The molecule has 5 rings (SSSR count). The number of carbonyl (C=O) groups is 2. The monoisotopic (exact) mass is 461 g/mol. The normalized spacial score (nSPS) is 18.1. The van der Waals surface area contributed by atoms with Crippen molar-refractivity contribution in [3.63, 3.8) is 0 Å². The molecule has 3 aromatic rings. The van der Waals surface area contributed by atoms with Crippen molar-refractivity contribution in [3.05, 3.63) is 53.9 Å². The second-order valence-electron chi connectivity index (χ2n) is 8.47. The predicted molar refractivity (Wildman–Crippen MR) is 130 cm³/mol. The molecule has 2 aliphatic rings. The Hall–Kier alpha value is -3.19. The highest BCUT2D eigenvalue weighted by molar-refractivity contribution is 7.13. The molecule has 2 amide bonds. The number of aromatic nitrogens is 1. The Morgan fingerprint density at radius 2 is 1.88 bits per heavy atom. The Bertz CT molecular complexity index is 1150. The SMILES string of the molecule is CCC1Oc2ccc(-c3csc(-c4ccccc4)n3)cc2N(CC(=O)N2CCCCC2)C1=O. The molecule has 0 aliphatic carbocycles. The number of anilines is 1. The van der Waals surface area contributed by atoms with Gasteiger partial charge in [0.05, 0.1) is 11.4 Å². The van der Waals surface area contributed by atoms with Gasteiger partial charge in [-0.15, -0.1) is 11.3 Å². The van der Waals surface area contributed by atoms with Crippen molar-refractivity contribution in [1.82, 2.24) is 9.88 Å². The maximum atomic E-state index is 13.2. The summed E-state index contributed by atoms with van der Waals surface area (Å²) in [6.45, 7) is 3.50. The highest BCUT2D eigenvalue weighted by atomic mass is 32.1. The van der Waals surface area contributed by atoms with E-state index in [4.69, 9.17) is 9.72 Å². The molecule has 2 aliphatic heterocycles. The minimum absolute atomic E-state index is 0.00354. The lowest BCUT2D eigenvalue weighted by molar-refractivity contribution is -0.134. The number of ether oxygens (including phenoxy) is 1. The topological polar surface area (TPSA) is 62.7 Å². The number of carbonyl (C=O) groups excluding carboxylic acids is 2. The third kappa shape index (κ3) is 4.37. The van der Waals surface area contributed by atoms with Gasteiger partial charge in [0, 0.05) is 29.6 Å². The van der Waals surface area contributed by atoms with Gasteiger partial charge in [0.2, 0.25) is 5.91 Å². The number of nitrogens with zero attached hydrogens (tertiary/aromatic N) is 3. The van der Waals surface area contributed by atoms with Crippen molar-refractivity contribution in [2.24, 2.45) is 0 Å². The molecule has 170 valence electrons. The minimum atomic E-state index is -0.568. The van der Waals surface area contributed by atoms with Crippen LogP contribution in [0.25, 0.3) is 21.8 Å². The lowest BCUT2D eigenvalue weighted by atomic mass is 10.1. The zero-order valence-corrected chi connectivity index (χ0v) is 19.5. The minimum Gasteiger partial charge on any atom is -0.478 e. The molecular weight excluding hydrogens is 434 g/mol. The third-order valence-electron chi connectivity index (χ3n) is 6.25. The van der Waals surface area contributed by atoms with Gasteiger partial charge in [-0.1, -0.05) is 37.3 Å². The molecule has 1 aromatic heterocycles. The molecule has 1 unspecified atom stereocenters. The van der Waals surface area contributed by atoms with Crippen molar-refractivity contribution in [3.8, 4) is 27.6 Å². The summed E-state index contributed by atoms with van der Waals surface area (Å²) in [5.41, 5.74) is 3.45. The molecule has 33 heavy (non-hydrogen) atoms. The van der Waals surface area contributed by atoms with Crippen LogP contribution in [0.1, 0.15) is 32.6 Å². The summed E-state index contributed by atoms with van der Waals surface area (Å²) in [5.74, 6) is 0.474. The summed E-state index contributed by atoms with van der Waals surface area (Å²) >= 11 is 1.59. The van der Waals surface area contributed by atoms with Gasteiger partial charge in [-0.05, 0) is 43.9 Å². The van der Waals surface area contributed by atoms with Crippen LogP contribution < -0.4 is 9.64 Å². The molecule has 1 saturated heterocycles. The van der Waals surface area contributed by atoms with E-state index in [2.05, 4.69) is 0 Å². The zero-order valence-electron chi connectivity index (χ0n) is 18.7. The molecule has 0 saturated carbocycles. The summed E-state index contributed by atoms with van der Waals surface area (Å²) < 4.78 is 5.98. The summed E-state index contributed by atoms with van der Waals surface area (Å²) in [5, 5.41) is 2.96. The first-order chi connectivity index (χ1) is 16.1. The molecule has 2 aromatic carbocycles. The average Bonchev–Trinajstić information content (AvgIpc) is 3.37. The molecule has 0 spiro atoms. The number of hydrogen-bond donors (Lipinski definition) is 0. The number of rotatable bonds is 5. The first kappa shape index (κ1) is 21.6. The second-order valence-corrected chi connectivity index (χ2v) is 9.33. The Kier molecular flexibility index (Phi) is 6.13. The van der Waals surface area contributed by atoms with Crippen LogP contribution in [-0.2, 0) is 9.59 Å². The summed E-state index contributed by atoms with van der Waals surface area (Å²) in [6, 6.07) is 15.9. The van der Waals surface area contributed by atoms with Gasteiger partial charge in [0.25, 0.3) is 5.91 Å². The fourth-order valence-electron chi connectivity index (χ4n) is 4.40. The number of piperidine rings is 1. The van der Waals surface area contributed by atoms with Crippen LogP contribution in [0, 0.1) is 0 Å². The summed E-state index contributed by atoms with van der Waals surface area (Å²) in [6.07, 6.45) is 3.19. The second kappa shape index (κ2) is 9.35. The number of thiazole rings is 1. The Balaban J connectivity index is 1.46. The van der Waals surface area contributed by atoms with E-state index in [1.54, 1.807) is 16.2 Å². The summed E-state index contributed by atoms with van der Waals surface area (Å²) in [7, 11) is 0. The Labute approximate surface area is 197 Å². The van der Waals surface area contributed by atoms with Crippen molar-refractivity contribution in [2.75, 3.05) is 24.5 Å². The molecular formula is C26H27N3O3S. The molecule has 7 heteroatoms. The van der Waals surface area contributed by atoms with Crippen LogP contribution in [0.4, 0.5) is 5.69 Å². The van der Waals surface area contributed by atoms with Crippen molar-refractivity contribution < 1.29 is 14.3 Å². The van der Waals surface area contributed by atoms with Gasteiger partial charge in [-0.2, -0.15) is 0 Å². The Morgan fingerprint density at radius 1 is 1.09 bits per heavy atom. The number of amides is 2. The molecule has 1 fully saturated rings. The summed E-state index contributed by atoms with van der Waals surface area (Å²) in [4.78, 5) is 34.5. The largest absolute Gasteiger partial charge is 0.478 e. The van der Waals surface area contributed by atoms with Crippen molar-refractivity contribution in [2.45, 2.75) is 38.7 Å². The van der Waals surface area contributed by atoms with Crippen LogP contribution in [0.3, 0.4) is 0 Å². The van der Waals surface area contributed by atoms with E-state index in [1.807, 2.05) is 65.7 Å². The maximum Gasteiger partial charge on any atom is 0.268 e. The highest BCUT2D eigenvalue weighted by Gasteiger charge is 2.35. The lowest BCUT2D eigenvalue weighted by Gasteiger charge is -2.36. The van der Waals surface area contributed by atoms with E-state index in [1.165, 1.54) is 0 Å². The van der Waals surface area contributed by atoms with E-state index in [0.717, 1.165) is 54.2 Å². The third-order valence-corrected chi connectivity index (χ3v) is 7.15. The van der Waals surface area contributed by atoms with Crippen molar-refractivity contribution in [1.29, 1.82) is 0 Å². The van der Waals surface area contributed by atoms with E-state index < -0.39 is 6.10 Å². The van der Waals surface area contributed by atoms with Gasteiger partial charge in [-0.3, -0.25) is 14.5 Å². The number of hydrogen-bond acceptors (Lipinski definition) is 5. The van der Waals surface area contributed by atoms with Gasteiger partial charge in [0.15, 0.2) is 6.10 Å². The number of fused-ring (bicyclic) bond motifs is 1. The van der Waals surface area contributed by atoms with E-state index in [-0.39, 0.29) is 18.4 Å². The molecule has 1 atom stereocenters.